The molecule has 1 saturated heterocycles. The number of fused-ring (bicyclic) bond motifs is 1. The summed E-state index contributed by atoms with van der Waals surface area (Å²) in [5, 5.41) is 12.7. The van der Waals surface area contributed by atoms with E-state index >= 15 is 0 Å². The molecule has 3 aromatic rings. The van der Waals surface area contributed by atoms with Gasteiger partial charge in [-0.3, -0.25) is 19.1 Å². The van der Waals surface area contributed by atoms with Crippen LogP contribution in [0.1, 0.15) is 72.5 Å². The number of halogens is 1. The van der Waals surface area contributed by atoms with E-state index in [0.29, 0.717) is 30.4 Å². The van der Waals surface area contributed by atoms with Crippen molar-refractivity contribution in [3.63, 3.8) is 0 Å². The molecule has 0 bridgehead atoms. The highest BCUT2D eigenvalue weighted by Crippen LogP contribution is 2.33. The monoisotopic (exact) mass is 466 g/mol. The van der Waals surface area contributed by atoms with Gasteiger partial charge in [-0.2, -0.15) is 0 Å². The zero-order valence-electron chi connectivity index (χ0n) is 19.5. The number of amides is 1. The number of likely N-dealkylation sites (tertiary alicyclic amines) is 1. The first-order chi connectivity index (χ1) is 16.5. The number of carbonyl (C=O) groups is 1. The van der Waals surface area contributed by atoms with E-state index in [9.17, 15) is 19.1 Å². The Morgan fingerprint density at radius 2 is 1.91 bits per heavy atom. The number of hydrogen-bond donors (Lipinski definition) is 2. The van der Waals surface area contributed by atoms with Gasteiger partial charge in [0.15, 0.2) is 5.65 Å². The Bertz CT molecular complexity index is 1240. The molecular formula is C26H31FN4O3. The molecule has 34 heavy (non-hydrogen) atoms. The number of nitrogens with zero attached hydrogens (tertiary/aromatic N) is 3. The summed E-state index contributed by atoms with van der Waals surface area (Å²) in [5.41, 5.74) is 3.29. The van der Waals surface area contributed by atoms with E-state index in [0.717, 1.165) is 5.56 Å². The average molecular weight is 467 g/mol. The third kappa shape index (κ3) is 4.04. The van der Waals surface area contributed by atoms with Crippen molar-refractivity contribution in [2.24, 2.45) is 5.92 Å². The fraction of sp³-hybridized carbons (Fsp3) is 0.500. The number of H-pyrrole nitrogens is 1. The van der Waals surface area contributed by atoms with Crippen LogP contribution >= 0.6 is 0 Å². The zero-order valence-corrected chi connectivity index (χ0v) is 19.5. The molecule has 2 aliphatic rings. The summed E-state index contributed by atoms with van der Waals surface area (Å²) >= 11 is 0. The van der Waals surface area contributed by atoms with Gasteiger partial charge in [-0.25, -0.2) is 9.50 Å². The number of aliphatic hydroxyl groups is 1. The second-order valence-electron chi connectivity index (χ2n) is 9.81. The molecule has 0 radical (unpaired) electrons. The molecule has 2 fully saturated rings. The number of rotatable bonds is 6. The predicted octanol–water partition coefficient (Wildman–Crippen LogP) is 3.87. The Hall–Kier alpha value is -3.00. The topological polar surface area (TPSA) is 90.7 Å². The minimum Gasteiger partial charge on any atom is -0.396 e. The van der Waals surface area contributed by atoms with E-state index in [4.69, 9.17) is 4.98 Å². The van der Waals surface area contributed by atoms with Crippen molar-refractivity contribution in [2.45, 2.75) is 50.9 Å². The lowest BCUT2D eigenvalue weighted by Crippen LogP contribution is -2.51. The summed E-state index contributed by atoms with van der Waals surface area (Å²) in [6.45, 7) is 1.80. The molecule has 2 aromatic heterocycles. The van der Waals surface area contributed by atoms with Crippen molar-refractivity contribution in [1.29, 1.82) is 0 Å². The Balaban J connectivity index is 1.54. The number of aromatic nitrogens is 3. The smallest absolute Gasteiger partial charge is 0.273 e. The number of benzene rings is 1. The van der Waals surface area contributed by atoms with Gasteiger partial charge in [-0.1, -0.05) is 50.5 Å². The lowest BCUT2D eigenvalue weighted by atomic mass is 9.84. The van der Waals surface area contributed by atoms with Gasteiger partial charge in [-0.15, -0.1) is 0 Å². The predicted molar refractivity (Wildman–Crippen MR) is 128 cm³/mol. The van der Waals surface area contributed by atoms with Crippen LogP contribution in [0.15, 0.2) is 35.1 Å². The van der Waals surface area contributed by atoms with Crippen LogP contribution in [0, 0.1) is 5.92 Å². The molecule has 1 unspecified atom stereocenters. The van der Waals surface area contributed by atoms with Crippen LogP contribution in [-0.2, 0) is 0 Å². The van der Waals surface area contributed by atoms with Crippen LogP contribution in [-0.4, -0.2) is 56.9 Å². The first kappa shape index (κ1) is 22.8. The SMILES string of the molecule is CC(CO)c1[nH]n2c(=O)cc(-c3ccc(C4CCCCC4)cc3)nc2c1C(=O)N1CC(CF)C1. The lowest BCUT2D eigenvalue weighted by Gasteiger charge is -2.37. The summed E-state index contributed by atoms with van der Waals surface area (Å²) in [7, 11) is 0. The second kappa shape index (κ2) is 9.33. The summed E-state index contributed by atoms with van der Waals surface area (Å²) in [4.78, 5) is 32.6. The first-order valence-corrected chi connectivity index (χ1v) is 12.2. The Morgan fingerprint density at radius 3 is 2.56 bits per heavy atom. The molecule has 180 valence electrons. The fourth-order valence-corrected chi connectivity index (χ4v) is 5.21. The van der Waals surface area contributed by atoms with Gasteiger partial charge in [0.2, 0.25) is 0 Å². The van der Waals surface area contributed by atoms with E-state index in [-0.39, 0.29) is 35.2 Å². The summed E-state index contributed by atoms with van der Waals surface area (Å²) in [6.07, 6.45) is 6.27. The van der Waals surface area contributed by atoms with Gasteiger partial charge >= 0.3 is 0 Å². The average Bonchev–Trinajstić information content (AvgIpc) is 3.23. The largest absolute Gasteiger partial charge is 0.396 e. The fourth-order valence-electron chi connectivity index (χ4n) is 5.21. The molecule has 2 N–H and O–H groups in total. The molecule has 1 amide bonds. The van der Waals surface area contributed by atoms with E-state index in [2.05, 4.69) is 17.2 Å². The summed E-state index contributed by atoms with van der Waals surface area (Å²) in [6, 6.07) is 9.69. The highest BCUT2D eigenvalue weighted by Gasteiger charge is 2.35. The van der Waals surface area contributed by atoms with E-state index in [1.807, 2.05) is 12.1 Å². The number of alkyl halides is 1. The standard InChI is InChI=1S/C26H31FN4O3/c1-16(15-32)24-23(26(34)30-13-17(12-27)14-30)25-28-21(11-22(33)31(25)29-24)20-9-7-19(8-10-20)18-5-3-2-4-6-18/h7-11,16-18,29,32H,2-6,12-15H2,1H3. The van der Waals surface area contributed by atoms with Crippen LogP contribution in [0.3, 0.4) is 0 Å². The third-order valence-electron chi connectivity index (χ3n) is 7.37. The maximum absolute atomic E-state index is 13.3. The van der Waals surface area contributed by atoms with Crippen molar-refractivity contribution >= 4 is 11.6 Å². The molecule has 1 aliphatic carbocycles. The van der Waals surface area contributed by atoms with Crippen LogP contribution in [0.4, 0.5) is 4.39 Å². The molecule has 3 heterocycles. The van der Waals surface area contributed by atoms with Crippen molar-refractivity contribution in [2.75, 3.05) is 26.4 Å². The van der Waals surface area contributed by atoms with Gasteiger partial charge in [0.1, 0.15) is 5.56 Å². The molecule has 1 atom stereocenters. The molecule has 8 heteroatoms. The van der Waals surface area contributed by atoms with Gasteiger partial charge in [0, 0.05) is 36.6 Å². The zero-order chi connectivity index (χ0) is 23.8. The van der Waals surface area contributed by atoms with Gasteiger partial charge < -0.3 is 10.0 Å². The molecule has 1 saturated carbocycles. The van der Waals surface area contributed by atoms with Crippen molar-refractivity contribution in [3.8, 4) is 11.3 Å². The number of carbonyl (C=O) groups excluding carboxylic acids is 1. The highest BCUT2D eigenvalue weighted by molar-refractivity contribution is 6.01. The van der Waals surface area contributed by atoms with Crippen LogP contribution < -0.4 is 5.56 Å². The minimum absolute atomic E-state index is 0.151. The van der Waals surface area contributed by atoms with Gasteiger partial charge in [0.25, 0.3) is 11.5 Å². The quantitative estimate of drug-likeness (QED) is 0.577. The Morgan fingerprint density at radius 1 is 1.21 bits per heavy atom. The third-order valence-corrected chi connectivity index (χ3v) is 7.37. The van der Waals surface area contributed by atoms with Gasteiger partial charge in [-0.05, 0) is 24.3 Å². The Kier molecular flexibility index (Phi) is 6.25. The van der Waals surface area contributed by atoms with E-state index in [1.54, 1.807) is 11.8 Å². The van der Waals surface area contributed by atoms with Crippen molar-refractivity contribution in [1.82, 2.24) is 19.5 Å². The molecule has 5 rings (SSSR count). The van der Waals surface area contributed by atoms with E-state index < -0.39 is 12.6 Å². The van der Waals surface area contributed by atoms with Crippen LogP contribution in [0.5, 0.6) is 0 Å². The van der Waals surface area contributed by atoms with E-state index in [1.165, 1.54) is 48.2 Å². The van der Waals surface area contributed by atoms with Gasteiger partial charge in [0.05, 0.1) is 24.7 Å². The maximum Gasteiger partial charge on any atom is 0.273 e. The molecule has 1 aliphatic heterocycles. The lowest BCUT2D eigenvalue weighted by molar-refractivity contribution is 0.0452. The normalized spacial score (nSPS) is 18.3. The number of aliphatic hydroxyl groups excluding tert-OH is 1. The van der Waals surface area contributed by atoms with Crippen molar-refractivity contribution in [3.05, 3.63) is 57.5 Å². The molecule has 1 aromatic carbocycles. The second-order valence-corrected chi connectivity index (χ2v) is 9.81. The van der Waals surface area contributed by atoms with Crippen molar-refractivity contribution < 1.29 is 14.3 Å². The summed E-state index contributed by atoms with van der Waals surface area (Å²) < 4.78 is 14.2. The summed E-state index contributed by atoms with van der Waals surface area (Å²) in [5.74, 6) is -0.251. The molecular weight excluding hydrogens is 435 g/mol. The first-order valence-electron chi connectivity index (χ1n) is 12.2. The number of aromatic amines is 1. The number of hydrogen-bond acceptors (Lipinski definition) is 4. The Labute approximate surface area is 197 Å². The molecule has 7 nitrogen and oxygen atoms in total. The van der Waals surface area contributed by atoms with Crippen LogP contribution in [0.2, 0.25) is 0 Å². The maximum atomic E-state index is 13.3. The highest BCUT2D eigenvalue weighted by atomic mass is 19.1. The van der Waals surface area contributed by atoms with Crippen LogP contribution in [0.25, 0.3) is 16.9 Å². The molecule has 0 spiro atoms. The number of nitrogens with one attached hydrogen (secondary N) is 1. The minimum atomic E-state index is -0.462.